The molecule has 0 radical (unpaired) electrons. The van der Waals surface area contributed by atoms with Crippen LogP contribution in [0.15, 0.2) is 9.59 Å². The van der Waals surface area contributed by atoms with E-state index < -0.39 is 10.9 Å². The predicted molar refractivity (Wildman–Crippen MR) is 51.3 cm³/mol. The molecule has 72 valence electrons. The van der Waals surface area contributed by atoms with E-state index in [-0.39, 0.29) is 11.9 Å². The molecule has 13 heavy (non-hydrogen) atoms. The fourth-order valence-electron chi connectivity index (χ4n) is 1.06. The minimum atomic E-state index is -0.523. The van der Waals surface area contributed by atoms with Crippen molar-refractivity contribution in [3.63, 3.8) is 0 Å². The van der Waals surface area contributed by atoms with E-state index in [1.54, 1.807) is 0 Å². The van der Waals surface area contributed by atoms with Crippen LogP contribution in [0, 0.1) is 0 Å². The van der Waals surface area contributed by atoms with Gasteiger partial charge in [-0.3, -0.25) is 9.59 Å². The van der Waals surface area contributed by atoms with Crippen molar-refractivity contribution < 1.29 is 4.74 Å². The normalized spacial score (nSPS) is 10.8. The number of anilines is 1. The molecule has 1 rings (SSSR count). The van der Waals surface area contributed by atoms with Gasteiger partial charge in [-0.15, -0.1) is 0 Å². The lowest BCUT2D eigenvalue weighted by Gasteiger charge is -2.15. The minimum Gasteiger partial charge on any atom is -0.485 e. The Morgan fingerprint density at radius 3 is 2.38 bits per heavy atom. The topological polar surface area (TPSA) is 55.4 Å². The largest absolute Gasteiger partial charge is 0.485 e. The first-order chi connectivity index (χ1) is 6.07. The van der Waals surface area contributed by atoms with Crippen molar-refractivity contribution in [2.24, 2.45) is 0 Å². The highest BCUT2D eigenvalue weighted by Gasteiger charge is 2.22. The maximum atomic E-state index is 11.0. The second-order valence-corrected chi connectivity index (χ2v) is 3.06. The quantitative estimate of drug-likeness (QED) is 0.691. The van der Waals surface area contributed by atoms with Crippen LogP contribution < -0.4 is 20.9 Å². The zero-order valence-electron chi connectivity index (χ0n) is 8.01. The Bertz CT molecular complexity index is 361. The molecule has 1 aromatic rings. The average molecular weight is 183 g/mol. The van der Waals surface area contributed by atoms with E-state index in [9.17, 15) is 9.59 Å². The van der Waals surface area contributed by atoms with Crippen LogP contribution >= 0.6 is 0 Å². The van der Waals surface area contributed by atoms with Gasteiger partial charge in [-0.2, -0.15) is 0 Å². The molecule has 0 aliphatic rings. The molecule has 4 nitrogen and oxygen atoms in total. The Morgan fingerprint density at radius 1 is 1.31 bits per heavy atom. The first-order valence-corrected chi connectivity index (χ1v) is 4.31. The predicted octanol–water partition coefficient (Wildman–Crippen LogP) is 0.502. The standard InChI is InChI=1S/C9H13NO3/c1-4-10-6-7(11)8(12)9(6)13-5(2)3/h5,10H,4H2,1-3H3. The SMILES string of the molecule is CCNc1c(OC(C)C)c(=O)c1=O. The van der Waals surface area contributed by atoms with Crippen LogP contribution in [0.2, 0.25) is 0 Å². The van der Waals surface area contributed by atoms with Gasteiger partial charge in [-0.25, -0.2) is 0 Å². The molecule has 0 heterocycles. The molecule has 0 amide bonds. The summed E-state index contributed by atoms with van der Waals surface area (Å²) in [5.74, 6) is 0.182. The first-order valence-electron chi connectivity index (χ1n) is 4.31. The van der Waals surface area contributed by atoms with Crippen LogP contribution in [0.25, 0.3) is 0 Å². The lowest BCUT2D eigenvalue weighted by Crippen LogP contribution is -2.36. The third-order valence-electron chi connectivity index (χ3n) is 1.57. The monoisotopic (exact) mass is 183 g/mol. The van der Waals surface area contributed by atoms with Crippen LogP contribution in [0.4, 0.5) is 5.69 Å². The van der Waals surface area contributed by atoms with Crippen molar-refractivity contribution >= 4 is 5.69 Å². The third kappa shape index (κ3) is 1.71. The Morgan fingerprint density at radius 2 is 1.92 bits per heavy atom. The van der Waals surface area contributed by atoms with Crippen LogP contribution in [0.5, 0.6) is 5.75 Å². The zero-order valence-corrected chi connectivity index (χ0v) is 8.01. The molecule has 1 aromatic carbocycles. The maximum absolute atomic E-state index is 11.0. The van der Waals surface area contributed by atoms with Gasteiger partial charge in [0.05, 0.1) is 6.10 Å². The fraction of sp³-hybridized carbons (Fsp3) is 0.556. The van der Waals surface area contributed by atoms with Gasteiger partial charge < -0.3 is 10.1 Å². The molecule has 0 aliphatic heterocycles. The number of hydrogen-bond acceptors (Lipinski definition) is 4. The van der Waals surface area contributed by atoms with Gasteiger partial charge in [-0.1, -0.05) is 0 Å². The maximum Gasteiger partial charge on any atom is 0.272 e. The summed E-state index contributed by atoms with van der Waals surface area (Å²) in [5, 5.41) is 2.80. The van der Waals surface area contributed by atoms with E-state index in [1.165, 1.54) is 0 Å². The fourth-order valence-corrected chi connectivity index (χ4v) is 1.06. The van der Waals surface area contributed by atoms with Gasteiger partial charge in [0, 0.05) is 6.54 Å². The molecular weight excluding hydrogens is 170 g/mol. The second kappa shape index (κ2) is 3.60. The Kier molecular flexibility index (Phi) is 2.70. The van der Waals surface area contributed by atoms with E-state index in [4.69, 9.17) is 4.74 Å². The van der Waals surface area contributed by atoms with Crippen molar-refractivity contribution in [1.29, 1.82) is 0 Å². The molecule has 0 spiro atoms. The highest BCUT2D eigenvalue weighted by Crippen LogP contribution is 2.17. The van der Waals surface area contributed by atoms with Crippen molar-refractivity contribution in [1.82, 2.24) is 0 Å². The van der Waals surface area contributed by atoms with Crippen LogP contribution in [0.1, 0.15) is 20.8 Å². The zero-order chi connectivity index (χ0) is 10.0. The van der Waals surface area contributed by atoms with Gasteiger partial charge in [0.25, 0.3) is 10.9 Å². The molecule has 0 unspecified atom stereocenters. The van der Waals surface area contributed by atoms with Crippen molar-refractivity contribution in [3.8, 4) is 5.75 Å². The minimum absolute atomic E-state index is 0.0827. The molecule has 0 bridgehead atoms. The molecule has 0 aromatic heterocycles. The molecule has 1 N–H and O–H groups in total. The number of rotatable bonds is 4. The molecule has 4 heteroatoms. The molecule has 0 aliphatic carbocycles. The van der Waals surface area contributed by atoms with E-state index >= 15 is 0 Å². The van der Waals surface area contributed by atoms with Gasteiger partial charge in [0.2, 0.25) is 0 Å². The molecular formula is C9H13NO3. The molecule has 0 saturated heterocycles. The lowest BCUT2D eigenvalue weighted by molar-refractivity contribution is 0.238. The summed E-state index contributed by atoms with van der Waals surface area (Å²) in [6.07, 6.45) is -0.0827. The highest BCUT2D eigenvalue weighted by atomic mass is 16.5. The lowest BCUT2D eigenvalue weighted by atomic mass is 10.2. The van der Waals surface area contributed by atoms with Crippen molar-refractivity contribution in [3.05, 3.63) is 20.4 Å². The van der Waals surface area contributed by atoms with E-state index in [0.29, 0.717) is 12.2 Å². The number of nitrogens with one attached hydrogen (secondary N) is 1. The molecule has 0 fully saturated rings. The average Bonchev–Trinajstić information content (AvgIpc) is 2.10. The summed E-state index contributed by atoms with van der Waals surface area (Å²) in [6.45, 7) is 6.09. The summed E-state index contributed by atoms with van der Waals surface area (Å²) >= 11 is 0. The van der Waals surface area contributed by atoms with Crippen LogP contribution in [-0.4, -0.2) is 12.6 Å². The Hall–Kier alpha value is -1.32. The third-order valence-corrected chi connectivity index (χ3v) is 1.57. The van der Waals surface area contributed by atoms with Crippen LogP contribution in [0.3, 0.4) is 0 Å². The summed E-state index contributed by atoms with van der Waals surface area (Å²) in [5.41, 5.74) is -0.677. The van der Waals surface area contributed by atoms with E-state index in [2.05, 4.69) is 5.32 Å². The van der Waals surface area contributed by atoms with Gasteiger partial charge in [-0.05, 0) is 20.8 Å². The molecule has 0 atom stereocenters. The van der Waals surface area contributed by atoms with Crippen molar-refractivity contribution in [2.75, 3.05) is 11.9 Å². The Labute approximate surface area is 76.2 Å². The molecule has 0 saturated carbocycles. The van der Waals surface area contributed by atoms with Crippen LogP contribution in [-0.2, 0) is 0 Å². The number of ether oxygens (including phenoxy) is 1. The highest BCUT2D eigenvalue weighted by molar-refractivity contribution is 5.61. The number of hydrogen-bond donors (Lipinski definition) is 1. The summed E-state index contributed by atoms with van der Waals surface area (Å²) in [4.78, 5) is 22.0. The first kappa shape index (κ1) is 9.77. The van der Waals surface area contributed by atoms with Gasteiger partial charge in [0.1, 0.15) is 5.69 Å². The summed E-state index contributed by atoms with van der Waals surface area (Å²) in [6, 6.07) is 0. The van der Waals surface area contributed by atoms with Crippen molar-refractivity contribution in [2.45, 2.75) is 26.9 Å². The van der Waals surface area contributed by atoms with Gasteiger partial charge in [0.15, 0.2) is 5.75 Å². The van der Waals surface area contributed by atoms with E-state index in [0.717, 1.165) is 0 Å². The summed E-state index contributed by atoms with van der Waals surface area (Å²) in [7, 11) is 0. The Balaban J connectivity index is 2.88. The second-order valence-electron chi connectivity index (χ2n) is 3.06. The summed E-state index contributed by atoms with van der Waals surface area (Å²) < 4.78 is 5.18. The smallest absolute Gasteiger partial charge is 0.272 e. The van der Waals surface area contributed by atoms with E-state index in [1.807, 2.05) is 20.8 Å². The van der Waals surface area contributed by atoms with Gasteiger partial charge >= 0.3 is 0 Å².